The molecule has 3 rings (SSSR count). The van der Waals surface area contributed by atoms with Crippen LogP contribution in [0, 0.1) is 0 Å². The Morgan fingerprint density at radius 1 is 1.43 bits per heavy atom. The van der Waals surface area contributed by atoms with Crippen LogP contribution in [-0.4, -0.2) is 54.9 Å². The van der Waals surface area contributed by atoms with Crippen LogP contribution in [0.15, 0.2) is 24.3 Å². The van der Waals surface area contributed by atoms with Crippen molar-refractivity contribution in [2.24, 2.45) is 0 Å². The Labute approximate surface area is 125 Å². The van der Waals surface area contributed by atoms with E-state index < -0.39 is 0 Å². The number of carbonyl (C=O) groups excluding carboxylic acids is 1. The van der Waals surface area contributed by atoms with E-state index in [0.29, 0.717) is 6.54 Å². The van der Waals surface area contributed by atoms with Gasteiger partial charge in [-0.05, 0) is 18.1 Å². The molecule has 0 unspecified atom stereocenters. The number of hydrogen-bond donors (Lipinski definition) is 2. The van der Waals surface area contributed by atoms with Gasteiger partial charge < -0.3 is 20.2 Å². The van der Waals surface area contributed by atoms with Gasteiger partial charge in [-0.3, -0.25) is 0 Å². The summed E-state index contributed by atoms with van der Waals surface area (Å²) in [6.45, 7) is 3.54. The fourth-order valence-corrected chi connectivity index (χ4v) is 3.68. The molecule has 0 bridgehead atoms. The molecule has 1 saturated heterocycles. The zero-order valence-electron chi connectivity index (χ0n) is 12.6. The van der Waals surface area contributed by atoms with Crippen LogP contribution in [0.5, 0.6) is 0 Å². The zero-order chi connectivity index (χ0) is 15.0. The molecule has 5 nitrogen and oxygen atoms in total. The standard InChI is InChI=1S/C16H23N3O2/c1-3-8-17-16(21)19-13-9-18(2)12-7-5-4-6-11(12)15(13)14(19)10-20/h4-7,13-15,20H,3,8-10H2,1-2H3,(H,17,21)/t13-,14-,15+/m1/s1. The highest BCUT2D eigenvalue weighted by Crippen LogP contribution is 2.47. The van der Waals surface area contributed by atoms with Gasteiger partial charge in [0.2, 0.25) is 0 Å². The number of rotatable bonds is 3. The van der Waals surface area contributed by atoms with Crippen molar-refractivity contribution in [1.82, 2.24) is 10.2 Å². The first-order valence-corrected chi connectivity index (χ1v) is 7.66. The number of benzene rings is 1. The van der Waals surface area contributed by atoms with E-state index in [0.717, 1.165) is 13.0 Å². The number of nitrogens with zero attached hydrogens (tertiary/aromatic N) is 2. The Hall–Kier alpha value is -1.75. The minimum Gasteiger partial charge on any atom is -0.394 e. The van der Waals surface area contributed by atoms with Gasteiger partial charge in [0.25, 0.3) is 0 Å². The van der Waals surface area contributed by atoms with Crippen LogP contribution in [-0.2, 0) is 0 Å². The average Bonchev–Trinajstić information content (AvgIpc) is 2.48. The summed E-state index contributed by atoms with van der Waals surface area (Å²) in [4.78, 5) is 16.3. The van der Waals surface area contributed by atoms with Crippen LogP contribution >= 0.6 is 0 Å². The summed E-state index contributed by atoms with van der Waals surface area (Å²) < 4.78 is 0. The second kappa shape index (κ2) is 5.56. The van der Waals surface area contributed by atoms with Gasteiger partial charge in [-0.25, -0.2) is 4.79 Å². The molecule has 2 heterocycles. The van der Waals surface area contributed by atoms with E-state index >= 15 is 0 Å². The van der Waals surface area contributed by atoms with Crippen LogP contribution in [0.25, 0.3) is 0 Å². The summed E-state index contributed by atoms with van der Waals surface area (Å²) in [6.07, 6.45) is 0.917. The minimum absolute atomic E-state index is 0.0127. The molecular weight excluding hydrogens is 266 g/mol. The van der Waals surface area contributed by atoms with Crippen molar-refractivity contribution in [2.75, 3.05) is 31.6 Å². The largest absolute Gasteiger partial charge is 0.394 e. The van der Waals surface area contributed by atoms with E-state index in [-0.39, 0.29) is 30.6 Å². The summed E-state index contributed by atoms with van der Waals surface area (Å²) in [7, 11) is 2.06. The van der Waals surface area contributed by atoms with Crippen LogP contribution in [0.2, 0.25) is 0 Å². The monoisotopic (exact) mass is 289 g/mol. The lowest BCUT2D eigenvalue weighted by atomic mass is 9.72. The van der Waals surface area contributed by atoms with Crippen LogP contribution < -0.4 is 10.2 Å². The van der Waals surface area contributed by atoms with Crippen molar-refractivity contribution in [3.63, 3.8) is 0 Å². The second-order valence-electron chi connectivity index (χ2n) is 5.92. The number of amides is 2. The number of carbonyl (C=O) groups is 1. The number of nitrogens with one attached hydrogen (secondary N) is 1. The first-order chi connectivity index (χ1) is 10.2. The number of anilines is 1. The van der Waals surface area contributed by atoms with Crippen molar-refractivity contribution in [3.05, 3.63) is 29.8 Å². The molecule has 21 heavy (non-hydrogen) atoms. The van der Waals surface area contributed by atoms with Gasteiger partial charge in [-0.2, -0.15) is 0 Å². The Bertz CT molecular complexity index is 534. The molecule has 2 N–H and O–H groups in total. The topological polar surface area (TPSA) is 55.8 Å². The van der Waals surface area contributed by atoms with Crippen LogP contribution in [0.3, 0.4) is 0 Å². The van der Waals surface area contributed by atoms with Crippen molar-refractivity contribution in [1.29, 1.82) is 0 Å². The molecule has 2 aliphatic rings. The SMILES string of the molecule is CCCNC(=O)N1[C@H](CO)[C@H]2c3ccccc3N(C)C[C@H]21. The second-order valence-corrected chi connectivity index (χ2v) is 5.92. The third-order valence-electron chi connectivity index (χ3n) is 4.66. The number of likely N-dealkylation sites (N-methyl/N-ethyl adjacent to an activating group) is 1. The van der Waals surface area contributed by atoms with E-state index in [2.05, 4.69) is 29.4 Å². The molecular formula is C16H23N3O2. The third-order valence-corrected chi connectivity index (χ3v) is 4.66. The Balaban J connectivity index is 1.86. The van der Waals surface area contributed by atoms with E-state index in [9.17, 15) is 9.90 Å². The minimum atomic E-state index is -0.110. The van der Waals surface area contributed by atoms with Crippen LogP contribution in [0.4, 0.5) is 10.5 Å². The molecule has 2 aliphatic heterocycles. The summed E-state index contributed by atoms with van der Waals surface area (Å²) in [5, 5.41) is 12.7. The van der Waals surface area contributed by atoms with Crippen molar-refractivity contribution >= 4 is 11.7 Å². The third kappa shape index (κ3) is 2.16. The van der Waals surface area contributed by atoms with E-state index in [1.807, 2.05) is 24.0 Å². The first kappa shape index (κ1) is 14.2. The maximum absolute atomic E-state index is 12.3. The summed E-state index contributed by atoms with van der Waals surface area (Å²) >= 11 is 0. The molecule has 0 aromatic heterocycles. The number of likely N-dealkylation sites (tertiary alicyclic amines) is 1. The van der Waals surface area contributed by atoms with Crippen molar-refractivity contribution in [2.45, 2.75) is 31.3 Å². The smallest absolute Gasteiger partial charge is 0.318 e. The van der Waals surface area contributed by atoms with Gasteiger partial charge in [0.05, 0.1) is 18.7 Å². The molecule has 1 aromatic carbocycles. The van der Waals surface area contributed by atoms with Gasteiger partial charge in [0, 0.05) is 31.7 Å². The number of urea groups is 1. The van der Waals surface area contributed by atoms with Gasteiger partial charge >= 0.3 is 6.03 Å². The lowest BCUT2D eigenvalue weighted by molar-refractivity contribution is -0.00718. The Kier molecular flexibility index (Phi) is 3.76. The van der Waals surface area contributed by atoms with Crippen molar-refractivity contribution in [3.8, 4) is 0 Å². The number of aliphatic hydroxyl groups excluding tert-OH is 1. The molecule has 1 fully saturated rings. The number of aliphatic hydroxyl groups is 1. The number of fused-ring (bicyclic) bond motifs is 3. The highest BCUT2D eigenvalue weighted by atomic mass is 16.3. The fraction of sp³-hybridized carbons (Fsp3) is 0.562. The Morgan fingerprint density at radius 3 is 2.90 bits per heavy atom. The maximum atomic E-state index is 12.3. The first-order valence-electron chi connectivity index (χ1n) is 7.66. The Morgan fingerprint density at radius 2 is 2.19 bits per heavy atom. The lowest BCUT2D eigenvalue weighted by Crippen LogP contribution is -2.71. The van der Waals surface area contributed by atoms with Crippen molar-refractivity contribution < 1.29 is 9.90 Å². The number of para-hydroxylation sites is 1. The molecule has 0 saturated carbocycles. The average molecular weight is 289 g/mol. The molecule has 0 spiro atoms. The fourth-order valence-electron chi connectivity index (χ4n) is 3.68. The maximum Gasteiger partial charge on any atom is 0.318 e. The molecule has 1 aromatic rings. The van der Waals surface area contributed by atoms with Gasteiger partial charge in [0.15, 0.2) is 0 Å². The molecule has 114 valence electrons. The van der Waals surface area contributed by atoms with E-state index in [1.165, 1.54) is 11.3 Å². The molecule has 0 aliphatic carbocycles. The summed E-state index contributed by atoms with van der Waals surface area (Å²) in [6, 6.07) is 8.29. The van der Waals surface area contributed by atoms with E-state index in [1.54, 1.807) is 0 Å². The quantitative estimate of drug-likeness (QED) is 0.884. The predicted octanol–water partition coefficient (Wildman–Crippen LogP) is 1.38. The summed E-state index contributed by atoms with van der Waals surface area (Å²) in [5.41, 5.74) is 2.46. The highest BCUT2D eigenvalue weighted by molar-refractivity contribution is 5.78. The normalized spacial score (nSPS) is 26.7. The lowest BCUT2D eigenvalue weighted by Gasteiger charge is -2.58. The summed E-state index contributed by atoms with van der Waals surface area (Å²) in [5.74, 6) is 0.245. The van der Waals surface area contributed by atoms with Gasteiger partial charge in [-0.15, -0.1) is 0 Å². The number of hydrogen-bond acceptors (Lipinski definition) is 3. The highest BCUT2D eigenvalue weighted by Gasteiger charge is 2.54. The molecule has 2 amide bonds. The molecule has 5 heteroatoms. The van der Waals surface area contributed by atoms with E-state index in [4.69, 9.17) is 0 Å². The zero-order valence-corrected chi connectivity index (χ0v) is 12.6. The molecule has 0 radical (unpaired) electrons. The van der Waals surface area contributed by atoms with Gasteiger partial charge in [0.1, 0.15) is 0 Å². The van der Waals surface area contributed by atoms with Crippen LogP contribution in [0.1, 0.15) is 24.8 Å². The van der Waals surface area contributed by atoms with Gasteiger partial charge in [-0.1, -0.05) is 25.1 Å². The predicted molar refractivity (Wildman–Crippen MR) is 82.6 cm³/mol. The molecule has 3 atom stereocenters.